The van der Waals surface area contributed by atoms with Crippen molar-refractivity contribution in [1.29, 1.82) is 0 Å². The lowest BCUT2D eigenvalue weighted by Crippen LogP contribution is -2.11. The molecule has 0 fully saturated rings. The number of aryl methyl sites for hydroxylation is 2. The van der Waals surface area contributed by atoms with Crippen molar-refractivity contribution in [2.24, 2.45) is 5.73 Å². The van der Waals surface area contributed by atoms with Crippen LogP contribution in [0.5, 0.6) is 0 Å². The molecule has 1 aliphatic rings. The summed E-state index contributed by atoms with van der Waals surface area (Å²) in [5, 5.41) is 0. The summed E-state index contributed by atoms with van der Waals surface area (Å²) in [6, 6.07) is 8.20. The van der Waals surface area contributed by atoms with Crippen molar-refractivity contribution in [2.45, 2.75) is 25.3 Å². The number of nitrogens with two attached hydrogens (primary N) is 1. The molecule has 3 rings (SSSR count). The van der Waals surface area contributed by atoms with Crippen LogP contribution >= 0.6 is 34.5 Å². The summed E-state index contributed by atoms with van der Waals surface area (Å²) in [6.45, 7) is 0. The summed E-state index contributed by atoms with van der Waals surface area (Å²) in [5.41, 5.74) is 11.2. The van der Waals surface area contributed by atoms with Crippen LogP contribution in [0.3, 0.4) is 0 Å². The quantitative estimate of drug-likeness (QED) is 0.862. The van der Waals surface area contributed by atoms with Gasteiger partial charge in [0.1, 0.15) is 0 Å². The van der Waals surface area contributed by atoms with Gasteiger partial charge in [0.25, 0.3) is 0 Å². The Balaban J connectivity index is 1.97. The smallest absolute Gasteiger partial charge is 0.0995 e. The Hall–Kier alpha value is -0.540. The Morgan fingerprint density at radius 3 is 2.61 bits per heavy atom. The van der Waals surface area contributed by atoms with Crippen LogP contribution in [0.15, 0.2) is 24.3 Å². The average Bonchev–Trinajstić information content (AvgIpc) is 2.93. The van der Waals surface area contributed by atoms with Gasteiger partial charge in [-0.2, -0.15) is 0 Å². The minimum atomic E-state index is -0.188. The van der Waals surface area contributed by atoms with Gasteiger partial charge in [-0.1, -0.05) is 41.4 Å². The van der Waals surface area contributed by atoms with Gasteiger partial charge < -0.3 is 5.73 Å². The number of benzene rings is 1. The molecule has 1 aromatic carbocycles. The van der Waals surface area contributed by atoms with E-state index < -0.39 is 0 Å². The fourth-order valence-electron chi connectivity index (χ4n) is 2.53. The highest BCUT2D eigenvalue weighted by atomic mass is 35.5. The van der Waals surface area contributed by atoms with Gasteiger partial charge in [0.2, 0.25) is 0 Å². The van der Waals surface area contributed by atoms with Crippen LogP contribution in [0, 0.1) is 0 Å². The normalized spacial score (nSPS) is 15.7. The molecule has 1 atom stereocenters. The SMILES string of the molecule is NC(c1ccc2c(c1)CCC2)c1cc(Cl)sc1Cl. The van der Waals surface area contributed by atoms with E-state index in [1.807, 2.05) is 6.07 Å². The highest BCUT2D eigenvalue weighted by molar-refractivity contribution is 7.20. The van der Waals surface area contributed by atoms with E-state index in [-0.39, 0.29) is 6.04 Å². The van der Waals surface area contributed by atoms with E-state index in [0.29, 0.717) is 8.67 Å². The number of fused-ring (bicyclic) bond motifs is 1. The molecule has 1 aromatic heterocycles. The van der Waals surface area contributed by atoms with Crippen LogP contribution in [-0.2, 0) is 12.8 Å². The van der Waals surface area contributed by atoms with Crippen molar-refractivity contribution in [3.05, 3.63) is 55.2 Å². The Bertz CT molecular complexity index is 591. The maximum absolute atomic E-state index is 6.29. The zero-order valence-corrected chi connectivity index (χ0v) is 12.1. The molecule has 0 aliphatic heterocycles. The van der Waals surface area contributed by atoms with E-state index in [2.05, 4.69) is 18.2 Å². The van der Waals surface area contributed by atoms with Gasteiger partial charge in [-0.05, 0) is 42.0 Å². The van der Waals surface area contributed by atoms with Crippen LogP contribution in [0.4, 0.5) is 0 Å². The summed E-state index contributed by atoms with van der Waals surface area (Å²) < 4.78 is 1.37. The first kappa shape index (κ1) is 12.5. The van der Waals surface area contributed by atoms with Gasteiger partial charge in [-0.3, -0.25) is 0 Å². The molecule has 2 aromatic rings. The molecular formula is C14H13Cl2NS. The largest absolute Gasteiger partial charge is 0.320 e. The van der Waals surface area contributed by atoms with E-state index >= 15 is 0 Å². The van der Waals surface area contributed by atoms with Crippen LogP contribution in [0.1, 0.15) is 34.7 Å². The van der Waals surface area contributed by atoms with Crippen LogP contribution < -0.4 is 5.73 Å². The molecule has 0 saturated carbocycles. The number of rotatable bonds is 2. The minimum absolute atomic E-state index is 0.188. The zero-order chi connectivity index (χ0) is 12.7. The van der Waals surface area contributed by atoms with Gasteiger partial charge in [-0.15, -0.1) is 11.3 Å². The Morgan fingerprint density at radius 1 is 1.11 bits per heavy atom. The summed E-state index contributed by atoms with van der Waals surface area (Å²) in [7, 11) is 0. The third-order valence-electron chi connectivity index (χ3n) is 3.50. The second-order valence-corrected chi connectivity index (χ2v) is 6.92. The second kappa shape index (κ2) is 4.86. The number of hydrogen-bond acceptors (Lipinski definition) is 2. The standard InChI is InChI=1S/C14H13Cl2NS/c15-12-7-11(14(16)18-12)13(17)10-5-4-8-2-1-3-9(8)6-10/h4-7,13H,1-3,17H2. The third kappa shape index (κ3) is 2.19. The summed E-state index contributed by atoms with van der Waals surface area (Å²) in [4.78, 5) is 0. The fraction of sp³-hybridized carbons (Fsp3) is 0.286. The molecule has 1 unspecified atom stereocenters. The van der Waals surface area contributed by atoms with Crippen molar-refractivity contribution < 1.29 is 0 Å². The highest BCUT2D eigenvalue weighted by Crippen LogP contribution is 2.37. The first-order valence-corrected chi connectivity index (χ1v) is 7.54. The van der Waals surface area contributed by atoms with Crippen molar-refractivity contribution >= 4 is 34.5 Å². The van der Waals surface area contributed by atoms with Crippen LogP contribution in [-0.4, -0.2) is 0 Å². The predicted octanol–water partition coefficient (Wildman–Crippen LogP) is 4.59. The highest BCUT2D eigenvalue weighted by Gasteiger charge is 2.18. The number of halogens is 2. The van der Waals surface area contributed by atoms with E-state index in [1.54, 1.807) is 0 Å². The lowest BCUT2D eigenvalue weighted by molar-refractivity contribution is 0.872. The van der Waals surface area contributed by atoms with Crippen molar-refractivity contribution in [2.75, 3.05) is 0 Å². The Morgan fingerprint density at radius 2 is 1.89 bits per heavy atom. The second-order valence-electron chi connectivity index (χ2n) is 4.64. The molecule has 94 valence electrons. The maximum Gasteiger partial charge on any atom is 0.0995 e. The topological polar surface area (TPSA) is 26.0 Å². The summed E-state index contributed by atoms with van der Waals surface area (Å²) in [6.07, 6.45) is 3.60. The van der Waals surface area contributed by atoms with Gasteiger partial charge in [0.15, 0.2) is 0 Å². The fourth-order valence-corrected chi connectivity index (χ4v) is 4.08. The summed E-state index contributed by atoms with van der Waals surface area (Å²) in [5.74, 6) is 0. The van der Waals surface area contributed by atoms with Crippen LogP contribution in [0.2, 0.25) is 8.67 Å². The van der Waals surface area contributed by atoms with Crippen molar-refractivity contribution in [3.63, 3.8) is 0 Å². The average molecular weight is 298 g/mol. The molecular weight excluding hydrogens is 285 g/mol. The van der Waals surface area contributed by atoms with E-state index in [4.69, 9.17) is 28.9 Å². The molecule has 0 radical (unpaired) electrons. The molecule has 1 heterocycles. The lowest BCUT2D eigenvalue weighted by Gasteiger charge is -2.13. The Labute approximate surface area is 121 Å². The molecule has 0 bridgehead atoms. The number of hydrogen-bond donors (Lipinski definition) is 1. The van der Waals surface area contributed by atoms with Gasteiger partial charge >= 0.3 is 0 Å². The molecule has 2 N–H and O–H groups in total. The molecule has 0 saturated heterocycles. The molecule has 1 nitrogen and oxygen atoms in total. The van der Waals surface area contributed by atoms with Crippen LogP contribution in [0.25, 0.3) is 0 Å². The monoisotopic (exact) mass is 297 g/mol. The van der Waals surface area contributed by atoms with Gasteiger partial charge in [-0.25, -0.2) is 0 Å². The van der Waals surface area contributed by atoms with Gasteiger partial charge in [0.05, 0.1) is 14.7 Å². The lowest BCUT2D eigenvalue weighted by atomic mass is 9.98. The molecule has 4 heteroatoms. The minimum Gasteiger partial charge on any atom is -0.320 e. The van der Waals surface area contributed by atoms with Crippen molar-refractivity contribution in [1.82, 2.24) is 0 Å². The zero-order valence-electron chi connectivity index (χ0n) is 9.75. The van der Waals surface area contributed by atoms with Gasteiger partial charge in [0, 0.05) is 5.56 Å². The molecule has 0 spiro atoms. The predicted molar refractivity (Wildman–Crippen MR) is 78.8 cm³/mol. The van der Waals surface area contributed by atoms with E-state index in [1.165, 1.54) is 35.3 Å². The first-order chi connectivity index (χ1) is 8.65. The van der Waals surface area contributed by atoms with E-state index in [0.717, 1.165) is 17.5 Å². The summed E-state index contributed by atoms with van der Waals surface area (Å²) >= 11 is 13.5. The Kier molecular flexibility index (Phi) is 3.37. The maximum atomic E-state index is 6.29. The first-order valence-electron chi connectivity index (χ1n) is 5.97. The van der Waals surface area contributed by atoms with E-state index in [9.17, 15) is 0 Å². The third-order valence-corrected chi connectivity index (χ3v) is 5.02. The van der Waals surface area contributed by atoms with Crippen molar-refractivity contribution in [3.8, 4) is 0 Å². The molecule has 0 amide bonds. The molecule has 1 aliphatic carbocycles. The molecule has 18 heavy (non-hydrogen) atoms. The number of thiophene rings is 1.